The molecule has 2 aromatic carbocycles. The first-order valence-corrected chi connectivity index (χ1v) is 14.1. The average Bonchev–Trinajstić information content (AvgIpc) is 3.55. The van der Waals surface area contributed by atoms with Crippen molar-refractivity contribution in [1.82, 2.24) is 9.71 Å². The molecule has 192 valence electrons. The van der Waals surface area contributed by atoms with Crippen molar-refractivity contribution in [3.8, 4) is 22.8 Å². The maximum Gasteiger partial charge on any atom is 0.262 e. The number of halogens is 1. The Bertz CT molecular complexity index is 1340. The van der Waals surface area contributed by atoms with E-state index in [1.807, 2.05) is 11.4 Å². The molecular formula is C24H27ClN4O5S2. The molecule has 0 atom stereocenters. The van der Waals surface area contributed by atoms with E-state index in [9.17, 15) is 13.2 Å². The molecule has 1 amide bonds. The predicted octanol–water partition coefficient (Wildman–Crippen LogP) is 4.75. The van der Waals surface area contributed by atoms with Crippen molar-refractivity contribution in [1.29, 1.82) is 0 Å². The van der Waals surface area contributed by atoms with E-state index < -0.39 is 15.9 Å². The van der Waals surface area contributed by atoms with Gasteiger partial charge in [-0.05, 0) is 49.2 Å². The molecule has 3 aromatic rings. The van der Waals surface area contributed by atoms with Gasteiger partial charge in [-0.1, -0.05) is 24.4 Å². The summed E-state index contributed by atoms with van der Waals surface area (Å²) in [6, 6.07) is 9.51. The zero-order valence-corrected chi connectivity index (χ0v) is 22.2. The molecule has 1 heterocycles. The number of nitrogens with one attached hydrogen (secondary N) is 3. The van der Waals surface area contributed by atoms with Gasteiger partial charge in [0.15, 0.2) is 11.7 Å². The summed E-state index contributed by atoms with van der Waals surface area (Å²) in [7, 11) is -0.368. The Hall–Kier alpha value is -2.86. The maximum absolute atomic E-state index is 12.6. The van der Waals surface area contributed by atoms with Crippen LogP contribution in [0.15, 0.2) is 46.7 Å². The van der Waals surface area contributed by atoms with Crippen LogP contribution in [-0.2, 0) is 14.8 Å². The molecule has 9 nitrogen and oxygen atoms in total. The van der Waals surface area contributed by atoms with Crippen LogP contribution in [0.25, 0.3) is 11.3 Å². The van der Waals surface area contributed by atoms with E-state index in [1.54, 1.807) is 19.2 Å². The lowest BCUT2D eigenvalue weighted by molar-refractivity contribution is -0.118. The SMILES string of the molecule is CNc1nc(-c2ccc(OC)c(NC(=O)COc3ccc(S(=O)(=O)NC4CCCC4)cc3Cl)c2)cs1. The molecule has 36 heavy (non-hydrogen) atoms. The minimum atomic E-state index is -3.68. The number of rotatable bonds is 10. The van der Waals surface area contributed by atoms with Crippen LogP contribution in [0.5, 0.6) is 11.5 Å². The van der Waals surface area contributed by atoms with Crippen molar-refractivity contribution in [2.45, 2.75) is 36.6 Å². The summed E-state index contributed by atoms with van der Waals surface area (Å²) in [6.45, 7) is -0.333. The van der Waals surface area contributed by atoms with Crippen LogP contribution in [0.1, 0.15) is 25.7 Å². The number of anilines is 2. The van der Waals surface area contributed by atoms with E-state index in [0.29, 0.717) is 11.4 Å². The van der Waals surface area contributed by atoms with Gasteiger partial charge in [0.25, 0.3) is 5.91 Å². The fraction of sp³-hybridized carbons (Fsp3) is 0.333. The third-order valence-electron chi connectivity index (χ3n) is 5.74. The zero-order valence-electron chi connectivity index (χ0n) is 19.8. The normalized spacial score (nSPS) is 14.0. The van der Waals surface area contributed by atoms with Crippen molar-refractivity contribution in [2.75, 3.05) is 31.4 Å². The van der Waals surface area contributed by atoms with Gasteiger partial charge in [0.05, 0.1) is 28.4 Å². The van der Waals surface area contributed by atoms with Gasteiger partial charge >= 0.3 is 0 Å². The first-order valence-electron chi connectivity index (χ1n) is 11.4. The van der Waals surface area contributed by atoms with Crippen LogP contribution in [0.2, 0.25) is 5.02 Å². The summed E-state index contributed by atoms with van der Waals surface area (Å²) < 4.78 is 38.9. The number of benzene rings is 2. The number of amides is 1. The van der Waals surface area contributed by atoms with Gasteiger partial charge in [0.2, 0.25) is 10.0 Å². The topological polar surface area (TPSA) is 119 Å². The number of carbonyl (C=O) groups excluding carboxylic acids is 1. The summed E-state index contributed by atoms with van der Waals surface area (Å²) in [5.74, 6) is 0.253. The average molecular weight is 551 g/mol. The second kappa shape index (κ2) is 11.5. The molecule has 0 aliphatic heterocycles. The number of aromatic nitrogens is 1. The summed E-state index contributed by atoms with van der Waals surface area (Å²) in [4.78, 5) is 17.2. The molecule has 1 aliphatic rings. The van der Waals surface area contributed by atoms with E-state index >= 15 is 0 Å². The van der Waals surface area contributed by atoms with Gasteiger partial charge in [-0.2, -0.15) is 0 Å². The van der Waals surface area contributed by atoms with Crippen molar-refractivity contribution in [3.05, 3.63) is 46.8 Å². The van der Waals surface area contributed by atoms with Crippen molar-refractivity contribution in [3.63, 3.8) is 0 Å². The van der Waals surface area contributed by atoms with Gasteiger partial charge in [-0.25, -0.2) is 18.1 Å². The van der Waals surface area contributed by atoms with Gasteiger partial charge in [-0.15, -0.1) is 11.3 Å². The highest BCUT2D eigenvalue weighted by Crippen LogP contribution is 2.32. The molecule has 1 saturated carbocycles. The van der Waals surface area contributed by atoms with E-state index in [2.05, 4.69) is 20.3 Å². The molecule has 1 aliphatic carbocycles. The lowest BCUT2D eigenvalue weighted by Crippen LogP contribution is -2.32. The second-order valence-electron chi connectivity index (χ2n) is 8.23. The predicted molar refractivity (Wildman–Crippen MR) is 142 cm³/mol. The molecule has 0 spiro atoms. The summed E-state index contributed by atoms with van der Waals surface area (Å²) in [5, 5.41) is 8.57. The highest BCUT2D eigenvalue weighted by molar-refractivity contribution is 7.89. The number of methoxy groups -OCH3 is 1. The highest BCUT2D eigenvalue weighted by atomic mass is 35.5. The minimum absolute atomic E-state index is 0.0511. The highest BCUT2D eigenvalue weighted by Gasteiger charge is 2.23. The van der Waals surface area contributed by atoms with E-state index in [1.165, 1.54) is 36.6 Å². The Morgan fingerprint density at radius 3 is 2.58 bits per heavy atom. The van der Waals surface area contributed by atoms with Gasteiger partial charge in [-0.3, -0.25) is 4.79 Å². The van der Waals surface area contributed by atoms with Crippen molar-refractivity contribution >= 4 is 49.7 Å². The molecule has 3 N–H and O–H groups in total. The molecular weight excluding hydrogens is 524 g/mol. The molecule has 0 radical (unpaired) electrons. The van der Waals surface area contributed by atoms with Crippen LogP contribution in [0, 0.1) is 0 Å². The van der Waals surface area contributed by atoms with Crippen LogP contribution in [0.4, 0.5) is 10.8 Å². The van der Waals surface area contributed by atoms with Crippen LogP contribution in [-0.4, -0.2) is 46.1 Å². The third kappa shape index (κ3) is 6.28. The fourth-order valence-corrected chi connectivity index (χ4v) is 6.22. The number of carbonyl (C=O) groups is 1. The molecule has 0 unspecified atom stereocenters. The zero-order chi connectivity index (χ0) is 25.7. The standard InChI is InChI=1S/C24H27ClN4O5S2/c1-26-24-28-20(14-35-24)15-7-9-22(33-2)19(11-15)27-23(30)13-34-21-10-8-17(12-18(21)25)36(31,32)29-16-5-3-4-6-16/h7-12,14,16,29H,3-6,13H2,1-2H3,(H,26,28)(H,27,30). The fourth-order valence-electron chi connectivity index (χ4n) is 3.91. The van der Waals surface area contributed by atoms with Crippen molar-refractivity contribution in [2.24, 2.45) is 0 Å². The molecule has 12 heteroatoms. The third-order valence-corrected chi connectivity index (χ3v) is 8.41. The minimum Gasteiger partial charge on any atom is -0.495 e. The number of nitrogens with zero attached hydrogens (tertiary/aromatic N) is 1. The van der Waals surface area contributed by atoms with Gasteiger partial charge < -0.3 is 20.1 Å². The molecule has 0 saturated heterocycles. The molecule has 4 rings (SSSR count). The lowest BCUT2D eigenvalue weighted by atomic mass is 10.1. The Kier molecular flexibility index (Phi) is 8.35. The van der Waals surface area contributed by atoms with E-state index in [4.69, 9.17) is 21.1 Å². The molecule has 1 fully saturated rings. The molecule has 1 aromatic heterocycles. The quantitative estimate of drug-likeness (QED) is 0.333. The van der Waals surface area contributed by atoms with Crippen LogP contribution < -0.4 is 24.8 Å². The van der Waals surface area contributed by atoms with Crippen molar-refractivity contribution < 1.29 is 22.7 Å². The summed E-state index contributed by atoms with van der Waals surface area (Å²) >= 11 is 7.74. The largest absolute Gasteiger partial charge is 0.495 e. The first-order chi connectivity index (χ1) is 17.3. The van der Waals surface area contributed by atoms with E-state index in [-0.39, 0.29) is 28.3 Å². The number of hydrogen-bond acceptors (Lipinski definition) is 8. The number of sulfonamides is 1. The second-order valence-corrected chi connectivity index (χ2v) is 11.2. The van der Waals surface area contributed by atoms with Crippen LogP contribution >= 0.6 is 22.9 Å². The van der Waals surface area contributed by atoms with Gasteiger partial charge in [0, 0.05) is 24.0 Å². The van der Waals surface area contributed by atoms with E-state index in [0.717, 1.165) is 42.1 Å². The first kappa shape index (κ1) is 26.2. The Morgan fingerprint density at radius 2 is 1.92 bits per heavy atom. The maximum atomic E-state index is 12.6. The number of thiazole rings is 1. The number of hydrogen-bond donors (Lipinski definition) is 3. The summed E-state index contributed by atoms with van der Waals surface area (Å²) in [6.07, 6.45) is 3.69. The Morgan fingerprint density at radius 1 is 1.17 bits per heavy atom. The monoisotopic (exact) mass is 550 g/mol. The Balaban J connectivity index is 1.40. The smallest absolute Gasteiger partial charge is 0.262 e. The van der Waals surface area contributed by atoms with Crippen LogP contribution in [0.3, 0.4) is 0 Å². The summed E-state index contributed by atoms with van der Waals surface area (Å²) in [5.41, 5.74) is 2.05. The molecule has 0 bridgehead atoms. The Labute approximate surface area is 219 Å². The lowest BCUT2D eigenvalue weighted by Gasteiger charge is -2.14. The van der Waals surface area contributed by atoms with Gasteiger partial charge in [0.1, 0.15) is 11.5 Å². The number of ether oxygens (including phenoxy) is 2.